The molecule has 1 amide bonds. The number of amides is 1. The van der Waals surface area contributed by atoms with E-state index >= 15 is 0 Å². The molecule has 18 heavy (non-hydrogen) atoms. The van der Waals surface area contributed by atoms with Crippen LogP contribution in [0, 0.1) is 0 Å². The van der Waals surface area contributed by atoms with Crippen molar-refractivity contribution in [1.82, 2.24) is 14.7 Å². The molecule has 0 atom stereocenters. The number of nitrogens with zero attached hydrogens (tertiary/aromatic N) is 3. The van der Waals surface area contributed by atoms with Crippen LogP contribution in [-0.2, 0) is 13.5 Å². The second kappa shape index (κ2) is 6.82. The normalized spacial score (nSPS) is 11.0. The SMILES string of the molecule is CCc1nn(C)cc1C(=O)N(CCBr)CC(F)F. The maximum Gasteiger partial charge on any atom is 0.257 e. The Morgan fingerprint density at radius 2 is 2.28 bits per heavy atom. The molecule has 0 bridgehead atoms. The summed E-state index contributed by atoms with van der Waals surface area (Å²) in [4.78, 5) is 13.3. The largest absolute Gasteiger partial charge is 0.332 e. The predicted octanol–water partition coefficient (Wildman–Crippen LogP) is 2.08. The molecule has 0 aromatic carbocycles. The minimum absolute atomic E-state index is 0.251. The molecule has 0 spiro atoms. The smallest absolute Gasteiger partial charge is 0.257 e. The summed E-state index contributed by atoms with van der Waals surface area (Å²) in [5, 5.41) is 4.61. The monoisotopic (exact) mass is 323 g/mol. The average molecular weight is 324 g/mol. The fourth-order valence-corrected chi connectivity index (χ4v) is 2.12. The summed E-state index contributed by atoms with van der Waals surface area (Å²) < 4.78 is 26.4. The number of aromatic nitrogens is 2. The Labute approximate surface area is 113 Å². The fourth-order valence-electron chi connectivity index (χ4n) is 1.69. The number of halogens is 3. The molecule has 0 unspecified atom stereocenters. The highest BCUT2D eigenvalue weighted by atomic mass is 79.9. The van der Waals surface area contributed by atoms with Crippen LogP contribution in [0.2, 0.25) is 0 Å². The van der Waals surface area contributed by atoms with Crippen LogP contribution in [0.15, 0.2) is 6.20 Å². The van der Waals surface area contributed by atoms with Gasteiger partial charge in [0.1, 0.15) is 0 Å². The van der Waals surface area contributed by atoms with Crippen LogP contribution in [-0.4, -0.2) is 45.4 Å². The van der Waals surface area contributed by atoms with Crippen LogP contribution in [0.1, 0.15) is 23.0 Å². The van der Waals surface area contributed by atoms with E-state index in [2.05, 4.69) is 21.0 Å². The van der Waals surface area contributed by atoms with Gasteiger partial charge in [-0.2, -0.15) is 5.10 Å². The molecular weight excluding hydrogens is 308 g/mol. The molecule has 1 aromatic rings. The molecule has 1 rings (SSSR count). The third kappa shape index (κ3) is 3.76. The Hall–Kier alpha value is -0.980. The van der Waals surface area contributed by atoms with Crippen LogP contribution in [0.3, 0.4) is 0 Å². The van der Waals surface area contributed by atoms with Crippen molar-refractivity contribution in [3.05, 3.63) is 17.5 Å². The summed E-state index contributed by atoms with van der Waals surface area (Å²) in [6.07, 6.45) is -0.359. The van der Waals surface area contributed by atoms with E-state index in [1.165, 1.54) is 4.68 Å². The first-order chi connectivity index (χ1) is 8.49. The summed E-state index contributed by atoms with van der Waals surface area (Å²) in [7, 11) is 1.71. The van der Waals surface area contributed by atoms with E-state index in [0.29, 0.717) is 23.0 Å². The molecular formula is C11H16BrF2N3O. The lowest BCUT2D eigenvalue weighted by molar-refractivity contribution is 0.0571. The van der Waals surface area contributed by atoms with Crippen LogP contribution in [0.5, 0.6) is 0 Å². The zero-order valence-corrected chi connectivity index (χ0v) is 12.0. The Balaban J connectivity index is 2.93. The standard InChI is InChI=1S/C11H16BrF2N3O/c1-3-9-8(6-16(2)15-9)11(18)17(5-4-12)7-10(13)14/h6,10H,3-5,7H2,1-2H3. The zero-order valence-electron chi connectivity index (χ0n) is 10.4. The number of hydrogen-bond donors (Lipinski definition) is 0. The summed E-state index contributed by atoms with van der Waals surface area (Å²) >= 11 is 3.16. The molecule has 0 saturated carbocycles. The topological polar surface area (TPSA) is 38.1 Å². The number of alkyl halides is 3. The predicted molar refractivity (Wildman–Crippen MR) is 68.3 cm³/mol. The molecule has 0 saturated heterocycles. The highest BCUT2D eigenvalue weighted by molar-refractivity contribution is 9.09. The van der Waals surface area contributed by atoms with Gasteiger partial charge in [0.2, 0.25) is 0 Å². The van der Waals surface area contributed by atoms with Gasteiger partial charge < -0.3 is 4.90 Å². The molecule has 0 radical (unpaired) electrons. The molecule has 0 aliphatic heterocycles. The summed E-state index contributed by atoms with van der Waals surface area (Å²) in [6.45, 7) is 1.57. The third-order valence-corrected chi connectivity index (χ3v) is 2.83. The Morgan fingerprint density at radius 1 is 1.61 bits per heavy atom. The lowest BCUT2D eigenvalue weighted by Crippen LogP contribution is -2.36. The van der Waals surface area contributed by atoms with Crippen molar-refractivity contribution in [2.24, 2.45) is 7.05 Å². The number of hydrogen-bond acceptors (Lipinski definition) is 2. The Morgan fingerprint density at radius 3 is 2.78 bits per heavy atom. The number of aryl methyl sites for hydroxylation is 2. The van der Waals surface area contributed by atoms with Crippen molar-refractivity contribution < 1.29 is 13.6 Å². The minimum Gasteiger partial charge on any atom is -0.332 e. The lowest BCUT2D eigenvalue weighted by atomic mass is 10.2. The quantitative estimate of drug-likeness (QED) is 0.752. The van der Waals surface area contributed by atoms with Gasteiger partial charge >= 0.3 is 0 Å². The minimum atomic E-state index is -2.53. The van der Waals surface area contributed by atoms with E-state index in [1.54, 1.807) is 13.2 Å². The molecule has 7 heteroatoms. The first kappa shape index (κ1) is 15.1. The van der Waals surface area contributed by atoms with Crippen molar-refractivity contribution in [2.45, 2.75) is 19.8 Å². The molecule has 0 aliphatic carbocycles. The molecule has 102 valence electrons. The molecule has 0 N–H and O–H groups in total. The van der Waals surface area contributed by atoms with Crippen molar-refractivity contribution >= 4 is 21.8 Å². The van der Waals surface area contributed by atoms with E-state index in [4.69, 9.17) is 0 Å². The van der Waals surface area contributed by atoms with Gasteiger partial charge in [0, 0.05) is 25.1 Å². The first-order valence-corrected chi connectivity index (χ1v) is 6.77. The summed E-state index contributed by atoms with van der Waals surface area (Å²) in [5.41, 5.74) is 1.04. The van der Waals surface area contributed by atoms with Gasteiger partial charge in [-0.05, 0) is 6.42 Å². The number of carbonyl (C=O) groups is 1. The molecule has 1 heterocycles. The van der Waals surface area contributed by atoms with Gasteiger partial charge in [0.05, 0.1) is 17.8 Å². The van der Waals surface area contributed by atoms with Gasteiger partial charge in [-0.3, -0.25) is 9.48 Å². The lowest BCUT2D eigenvalue weighted by Gasteiger charge is -2.21. The van der Waals surface area contributed by atoms with Gasteiger partial charge in [0.25, 0.3) is 12.3 Å². The van der Waals surface area contributed by atoms with Gasteiger partial charge in [-0.15, -0.1) is 0 Å². The third-order valence-electron chi connectivity index (χ3n) is 2.47. The van der Waals surface area contributed by atoms with Crippen LogP contribution in [0.25, 0.3) is 0 Å². The average Bonchev–Trinajstić information content (AvgIpc) is 2.68. The van der Waals surface area contributed by atoms with E-state index in [0.717, 1.165) is 4.90 Å². The maximum absolute atomic E-state index is 12.4. The zero-order chi connectivity index (χ0) is 13.7. The molecule has 4 nitrogen and oxygen atoms in total. The highest BCUT2D eigenvalue weighted by Gasteiger charge is 2.22. The van der Waals surface area contributed by atoms with Crippen molar-refractivity contribution in [1.29, 1.82) is 0 Å². The second-order valence-corrected chi connectivity index (χ2v) is 4.64. The molecule has 0 fully saturated rings. The molecule has 0 aliphatic rings. The number of carbonyl (C=O) groups excluding carboxylic acids is 1. The van der Waals surface area contributed by atoms with E-state index in [9.17, 15) is 13.6 Å². The fraction of sp³-hybridized carbons (Fsp3) is 0.636. The van der Waals surface area contributed by atoms with E-state index in [1.807, 2.05) is 6.92 Å². The summed E-state index contributed by atoms with van der Waals surface area (Å²) in [5.74, 6) is -0.389. The first-order valence-electron chi connectivity index (χ1n) is 5.65. The van der Waals surface area contributed by atoms with Crippen LogP contribution < -0.4 is 0 Å². The molecule has 1 aromatic heterocycles. The van der Waals surface area contributed by atoms with Crippen LogP contribution in [0.4, 0.5) is 8.78 Å². The van der Waals surface area contributed by atoms with Crippen molar-refractivity contribution in [3.63, 3.8) is 0 Å². The van der Waals surface area contributed by atoms with E-state index in [-0.39, 0.29) is 12.5 Å². The van der Waals surface area contributed by atoms with Gasteiger partial charge in [-0.25, -0.2) is 8.78 Å². The van der Waals surface area contributed by atoms with E-state index < -0.39 is 13.0 Å². The van der Waals surface area contributed by atoms with Gasteiger partial charge in [0.15, 0.2) is 0 Å². The number of rotatable bonds is 6. The highest BCUT2D eigenvalue weighted by Crippen LogP contribution is 2.12. The summed E-state index contributed by atoms with van der Waals surface area (Å²) in [6, 6.07) is 0. The van der Waals surface area contributed by atoms with Crippen molar-refractivity contribution in [3.8, 4) is 0 Å². The van der Waals surface area contributed by atoms with Gasteiger partial charge in [-0.1, -0.05) is 22.9 Å². The maximum atomic E-state index is 12.4. The second-order valence-electron chi connectivity index (χ2n) is 3.85. The van der Waals surface area contributed by atoms with Crippen molar-refractivity contribution in [2.75, 3.05) is 18.4 Å². The Bertz CT molecular complexity index is 409. The Kier molecular flexibility index (Phi) is 5.71. The van der Waals surface area contributed by atoms with Crippen LogP contribution >= 0.6 is 15.9 Å².